The van der Waals surface area contributed by atoms with Gasteiger partial charge in [0.15, 0.2) is 0 Å². The minimum atomic E-state index is -0.0672. The standard InChI is InChI=1S/C7H19N3/c1-5(2)4-6(8)7(9)10-3/h5-7,10H,4,8-9H2,1-3H3. The molecule has 0 aliphatic rings. The van der Waals surface area contributed by atoms with Crippen molar-refractivity contribution in [3.05, 3.63) is 0 Å². The second-order valence-corrected chi connectivity index (χ2v) is 3.11. The summed E-state index contributed by atoms with van der Waals surface area (Å²) in [6.07, 6.45) is 0.907. The van der Waals surface area contributed by atoms with E-state index in [9.17, 15) is 0 Å². The molecule has 62 valence electrons. The Morgan fingerprint density at radius 2 is 1.80 bits per heavy atom. The molecule has 0 saturated carbocycles. The Labute approximate surface area is 63.2 Å². The number of hydrogen-bond donors (Lipinski definition) is 3. The summed E-state index contributed by atoms with van der Waals surface area (Å²) in [4.78, 5) is 0. The molecule has 0 aliphatic carbocycles. The first-order chi connectivity index (χ1) is 4.57. The fourth-order valence-electron chi connectivity index (χ4n) is 0.905. The highest BCUT2D eigenvalue weighted by Crippen LogP contribution is 2.02. The number of nitrogens with two attached hydrogens (primary N) is 2. The van der Waals surface area contributed by atoms with Crippen LogP contribution in [0.25, 0.3) is 0 Å². The molecule has 0 aliphatic heterocycles. The van der Waals surface area contributed by atoms with Gasteiger partial charge in [0, 0.05) is 6.04 Å². The molecule has 0 amide bonds. The summed E-state index contributed by atoms with van der Waals surface area (Å²) in [5.74, 6) is 0.620. The van der Waals surface area contributed by atoms with Crippen LogP contribution in [0.2, 0.25) is 0 Å². The van der Waals surface area contributed by atoms with Crippen molar-refractivity contribution in [3.63, 3.8) is 0 Å². The summed E-state index contributed by atoms with van der Waals surface area (Å²) in [7, 11) is 1.82. The third-order valence-corrected chi connectivity index (χ3v) is 1.54. The van der Waals surface area contributed by atoms with Gasteiger partial charge in [0.2, 0.25) is 0 Å². The molecule has 3 heteroatoms. The monoisotopic (exact) mass is 145 g/mol. The normalized spacial score (nSPS) is 17.4. The highest BCUT2D eigenvalue weighted by Gasteiger charge is 2.11. The van der Waals surface area contributed by atoms with E-state index in [0.717, 1.165) is 6.42 Å². The van der Waals surface area contributed by atoms with Crippen molar-refractivity contribution in [1.82, 2.24) is 5.32 Å². The molecule has 0 aromatic heterocycles. The van der Waals surface area contributed by atoms with Crippen LogP contribution < -0.4 is 16.8 Å². The molecule has 0 spiro atoms. The predicted octanol–water partition coefficient (Wildman–Crippen LogP) is -0.136. The fraction of sp³-hybridized carbons (Fsp3) is 1.00. The summed E-state index contributed by atoms with van der Waals surface area (Å²) in [5.41, 5.74) is 11.4. The van der Waals surface area contributed by atoms with E-state index in [0.29, 0.717) is 5.92 Å². The smallest absolute Gasteiger partial charge is 0.0700 e. The number of rotatable bonds is 4. The van der Waals surface area contributed by atoms with Crippen LogP contribution in [0, 0.1) is 5.92 Å². The molecule has 0 rings (SSSR count). The number of hydrogen-bond acceptors (Lipinski definition) is 3. The van der Waals surface area contributed by atoms with Crippen LogP contribution in [0.4, 0.5) is 0 Å². The van der Waals surface area contributed by atoms with Crippen molar-refractivity contribution in [2.24, 2.45) is 17.4 Å². The molecule has 2 unspecified atom stereocenters. The van der Waals surface area contributed by atoms with Gasteiger partial charge in [-0.3, -0.25) is 0 Å². The maximum Gasteiger partial charge on any atom is 0.0700 e. The largest absolute Gasteiger partial charge is 0.325 e. The van der Waals surface area contributed by atoms with E-state index in [1.807, 2.05) is 7.05 Å². The molecule has 0 aromatic rings. The third kappa shape index (κ3) is 3.82. The van der Waals surface area contributed by atoms with Gasteiger partial charge < -0.3 is 16.8 Å². The maximum absolute atomic E-state index is 5.74. The van der Waals surface area contributed by atoms with Gasteiger partial charge in [-0.25, -0.2) is 0 Å². The van der Waals surface area contributed by atoms with Gasteiger partial charge in [-0.1, -0.05) is 13.8 Å². The lowest BCUT2D eigenvalue weighted by atomic mass is 10.0. The summed E-state index contributed by atoms with van der Waals surface area (Å²) in [6, 6.07) is 0.0741. The topological polar surface area (TPSA) is 64.1 Å². The van der Waals surface area contributed by atoms with E-state index >= 15 is 0 Å². The minimum absolute atomic E-state index is 0.0672. The summed E-state index contributed by atoms with van der Waals surface area (Å²) >= 11 is 0. The van der Waals surface area contributed by atoms with Gasteiger partial charge in [0.1, 0.15) is 0 Å². The Balaban J connectivity index is 3.50. The van der Waals surface area contributed by atoms with Crippen molar-refractivity contribution in [2.75, 3.05) is 7.05 Å². The maximum atomic E-state index is 5.74. The second kappa shape index (κ2) is 4.66. The van der Waals surface area contributed by atoms with Crippen LogP contribution in [0.5, 0.6) is 0 Å². The zero-order chi connectivity index (χ0) is 8.15. The van der Waals surface area contributed by atoms with Gasteiger partial charge >= 0.3 is 0 Å². The number of nitrogens with one attached hydrogen (secondary N) is 1. The Morgan fingerprint density at radius 1 is 1.30 bits per heavy atom. The summed E-state index contributed by atoms with van der Waals surface area (Å²) in [6.45, 7) is 4.28. The fourth-order valence-corrected chi connectivity index (χ4v) is 0.905. The first kappa shape index (κ1) is 9.88. The van der Waals surface area contributed by atoms with Crippen molar-refractivity contribution in [3.8, 4) is 0 Å². The molecule has 0 saturated heterocycles. The molecule has 5 N–H and O–H groups in total. The van der Waals surface area contributed by atoms with Gasteiger partial charge in [-0.05, 0) is 19.4 Å². The molecule has 0 bridgehead atoms. The van der Waals surface area contributed by atoms with Gasteiger partial charge in [-0.15, -0.1) is 0 Å². The molecule has 10 heavy (non-hydrogen) atoms. The zero-order valence-corrected chi connectivity index (χ0v) is 7.09. The van der Waals surface area contributed by atoms with E-state index in [1.54, 1.807) is 0 Å². The lowest BCUT2D eigenvalue weighted by molar-refractivity contribution is 0.400. The third-order valence-electron chi connectivity index (χ3n) is 1.54. The molecule has 3 nitrogen and oxygen atoms in total. The average molecular weight is 145 g/mol. The van der Waals surface area contributed by atoms with Crippen LogP contribution in [-0.4, -0.2) is 19.3 Å². The SMILES string of the molecule is CNC(N)C(N)CC(C)C. The summed E-state index contributed by atoms with van der Waals surface area (Å²) in [5, 5.41) is 2.92. The van der Waals surface area contributed by atoms with Crippen LogP contribution in [0.15, 0.2) is 0 Å². The minimum Gasteiger partial charge on any atom is -0.325 e. The van der Waals surface area contributed by atoms with E-state index in [1.165, 1.54) is 0 Å². The summed E-state index contributed by atoms with van der Waals surface area (Å²) < 4.78 is 0. The van der Waals surface area contributed by atoms with Crippen LogP contribution in [0.3, 0.4) is 0 Å². The van der Waals surface area contributed by atoms with Crippen LogP contribution in [-0.2, 0) is 0 Å². The zero-order valence-electron chi connectivity index (χ0n) is 7.09. The second-order valence-electron chi connectivity index (χ2n) is 3.11. The van der Waals surface area contributed by atoms with Crippen molar-refractivity contribution >= 4 is 0 Å². The Kier molecular flexibility index (Phi) is 4.60. The lowest BCUT2D eigenvalue weighted by Gasteiger charge is -2.20. The van der Waals surface area contributed by atoms with E-state index in [2.05, 4.69) is 19.2 Å². The van der Waals surface area contributed by atoms with Crippen LogP contribution in [0.1, 0.15) is 20.3 Å². The van der Waals surface area contributed by atoms with E-state index in [4.69, 9.17) is 11.5 Å². The predicted molar refractivity (Wildman–Crippen MR) is 44.5 cm³/mol. The van der Waals surface area contributed by atoms with E-state index in [-0.39, 0.29) is 12.2 Å². The Morgan fingerprint density at radius 3 is 2.10 bits per heavy atom. The quantitative estimate of drug-likeness (QED) is 0.483. The first-order valence-corrected chi connectivity index (χ1v) is 3.76. The average Bonchev–Trinajstić information content (AvgIpc) is 1.85. The lowest BCUT2D eigenvalue weighted by Crippen LogP contribution is -2.50. The molecular weight excluding hydrogens is 126 g/mol. The molecule has 0 radical (unpaired) electrons. The van der Waals surface area contributed by atoms with Crippen molar-refractivity contribution in [1.29, 1.82) is 0 Å². The highest BCUT2D eigenvalue weighted by molar-refractivity contribution is 4.73. The van der Waals surface area contributed by atoms with Gasteiger partial charge in [0.05, 0.1) is 6.17 Å². The van der Waals surface area contributed by atoms with Crippen LogP contribution >= 0.6 is 0 Å². The highest BCUT2D eigenvalue weighted by atomic mass is 15.0. The first-order valence-electron chi connectivity index (χ1n) is 3.76. The molecule has 0 fully saturated rings. The Hall–Kier alpha value is -0.120. The van der Waals surface area contributed by atoms with E-state index < -0.39 is 0 Å². The molecule has 0 aromatic carbocycles. The molecular formula is C7H19N3. The van der Waals surface area contributed by atoms with Crippen molar-refractivity contribution < 1.29 is 0 Å². The molecule has 2 atom stereocenters. The van der Waals surface area contributed by atoms with Crippen molar-refractivity contribution in [2.45, 2.75) is 32.5 Å². The van der Waals surface area contributed by atoms with Gasteiger partial charge in [-0.2, -0.15) is 0 Å². The molecule has 0 heterocycles. The van der Waals surface area contributed by atoms with Gasteiger partial charge in [0.25, 0.3) is 0 Å². The number of likely N-dealkylation sites (N-methyl/N-ethyl adjacent to an activating group) is 1. The Bertz CT molecular complexity index is 82.9.